The normalized spacial score (nSPS) is 24.1. The van der Waals surface area contributed by atoms with Gasteiger partial charge in [0.05, 0.1) is 26.4 Å². The lowest BCUT2D eigenvalue weighted by Gasteiger charge is -2.18. The first-order valence-corrected chi connectivity index (χ1v) is 10.7. The highest BCUT2D eigenvalue weighted by Gasteiger charge is 2.50. The summed E-state index contributed by atoms with van der Waals surface area (Å²) in [5.74, 6) is 0.873. The molecular formula is C24H28N2O6. The van der Waals surface area contributed by atoms with E-state index in [-0.39, 0.29) is 31.3 Å². The van der Waals surface area contributed by atoms with Gasteiger partial charge in [-0.1, -0.05) is 26.0 Å². The van der Waals surface area contributed by atoms with Crippen LogP contribution in [0.5, 0.6) is 5.75 Å². The van der Waals surface area contributed by atoms with E-state index in [0.29, 0.717) is 22.9 Å². The molecule has 0 aliphatic carbocycles. The molecule has 2 aliphatic heterocycles. The lowest BCUT2D eigenvalue weighted by Crippen LogP contribution is -2.44. The van der Waals surface area contributed by atoms with Gasteiger partial charge in [0.1, 0.15) is 18.0 Å². The Balaban J connectivity index is 1.29. The van der Waals surface area contributed by atoms with Crippen LogP contribution in [0.3, 0.4) is 0 Å². The number of hydrogen-bond acceptors (Lipinski definition) is 6. The molecule has 2 amide bonds. The van der Waals surface area contributed by atoms with Crippen LogP contribution >= 0.6 is 0 Å². The van der Waals surface area contributed by atoms with Crippen molar-refractivity contribution in [3.8, 4) is 5.75 Å². The summed E-state index contributed by atoms with van der Waals surface area (Å²) in [7, 11) is 1.57. The number of nitrogens with one attached hydrogen (secondary N) is 2. The van der Waals surface area contributed by atoms with Crippen LogP contribution < -0.4 is 15.4 Å². The van der Waals surface area contributed by atoms with Crippen LogP contribution in [0.15, 0.2) is 48.5 Å². The summed E-state index contributed by atoms with van der Waals surface area (Å²) in [4.78, 5) is 24.9. The topological polar surface area (TPSA) is 95.1 Å². The third-order valence-electron chi connectivity index (χ3n) is 5.76. The molecule has 2 aromatic carbocycles. The largest absolute Gasteiger partial charge is 0.497 e. The Bertz CT molecular complexity index is 944. The van der Waals surface area contributed by atoms with Gasteiger partial charge in [-0.05, 0) is 47.9 Å². The maximum Gasteiger partial charge on any atom is 0.412 e. The number of ether oxygens (including phenoxy) is 4. The van der Waals surface area contributed by atoms with E-state index in [0.717, 1.165) is 0 Å². The van der Waals surface area contributed by atoms with Gasteiger partial charge < -0.3 is 24.3 Å². The van der Waals surface area contributed by atoms with Crippen molar-refractivity contribution in [1.82, 2.24) is 5.32 Å². The van der Waals surface area contributed by atoms with E-state index < -0.39 is 18.3 Å². The number of carbonyl (C=O) groups excluding carboxylic acids is 2. The molecule has 4 atom stereocenters. The lowest BCUT2D eigenvalue weighted by molar-refractivity contribution is 0.00862. The van der Waals surface area contributed by atoms with Crippen molar-refractivity contribution in [1.29, 1.82) is 0 Å². The number of hydrogen-bond donors (Lipinski definition) is 2. The summed E-state index contributed by atoms with van der Waals surface area (Å²) >= 11 is 0. The van der Waals surface area contributed by atoms with Gasteiger partial charge >= 0.3 is 6.09 Å². The van der Waals surface area contributed by atoms with Gasteiger partial charge in [0.25, 0.3) is 5.91 Å². The Morgan fingerprint density at radius 2 is 1.66 bits per heavy atom. The van der Waals surface area contributed by atoms with Crippen molar-refractivity contribution in [2.75, 3.05) is 25.6 Å². The van der Waals surface area contributed by atoms with Crippen molar-refractivity contribution >= 4 is 17.7 Å². The molecule has 2 aliphatic rings. The van der Waals surface area contributed by atoms with Crippen molar-refractivity contribution in [3.05, 3.63) is 59.7 Å². The number of rotatable bonds is 6. The second kappa shape index (κ2) is 9.58. The summed E-state index contributed by atoms with van der Waals surface area (Å²) in [6, 6.07) is 14.2. The van der Waals surface area contributed by atoms with E-state index in [4.69, 9.17) is 18.9 Å². The first kappa shape index (κ1) is 22.1. The quantitative estimate of drug-likeness (QED) is 0.716. The highest BCUT2D eigenvalue weighted by molar-refractivity contribution is 5.94. The van der Waals surface area contributed by atoms with Crippen LogP contribution in [0.2, 0.25) is 0 Å². The Morgan fingerprint density at radius 1 is 0.969 bits per heavy atom. The summed E-state index contributed by atoms with van der Waals surface area (Å²) in [6.07, 6.45) is -1.91. The van der Waals surface area contributed by atoms with Crippen LogP contribution in [0.1, 0.15) is 35.7 Å². The Morgan fingerprint density at radius 3 is 2.31 bits per heavy atom. The zero-order valence-corrected chi connectivity index (χ0v) is 18.4. The number of anilines is 1. The van der Waals surface area contributed by atoms with Crippen LogP contribution in [0, 0.1) is 0 Å². The van der Waals surface area contributed by atoms with E-state index in [9.17, 15) is 9.59 Å². The molecule has 0 radical (unpaired) electrons. The van der Waals surface area contributed by atoms with Gasteiger partial charge in [0.2, 0.25) is 0 Å². The lowest BCUT2D eigenvalue weighted by atomic mass is 10.0. The summed E-state index contributed by atoms with van der Waals surface area (Å²) in [6.45, 7) is 4.72. The standard InChI is InChI=1S/C24H28N2O6/c1-14(2)15-4-8-17(9-5-15)25-24(28)32-20-13-31-21-19(12-30-22(20)21)26-23(27)16-6-10-18(29-3)11-7-16/h4-11,14,19-22H,12-13H2,1-3H3,(H,25,28)(H,26,27)/t19-,20-,21-,22+/m0/s1. The number of carbonyl (C=O) groups is 2. The van der Waals surface area contributed by atoms with Crippen LogP contribution in [0.25, 0.3) is 0 Å². The van der Waals surface area contributed by atoms with Gasteiger partial charge in [0.15, 0.2) is 6.10 Å². The van der Waals surface area contributed by atoms with E-state index in [1.54, 1.807) is 31.4 Å². The first-order chi connectivity index (χ1) is 15.4. The van der Waals surface area contributed by atoms with Gasteiger partial charge in [-0.2, -0.15) is 0 Å². The minimum absolute atomic E-state index is 0.212. The molecule has 0 bridgehead atoms. The monoisotopic (exact) mass is 440 g/mol. The predicted molar refractivity (Wildman–Crippen MR) is 118 cm³/mol. The fourth-order valence-electron chi connectivity index (χ4n) is 3.92. The highest BCUT2D eigenvalue weighted by Crippen LogP contribution is 2.29. The molecule has 2 heterocycles. The van der Waals surface area contributed by atoms with Gasteiger partial charge in [0, 0.05) is 11.3 Å². The molecule has 2 saturated heterocycles. The fourth-order valence-corrected chi connectivity index (χ4v) is 3.92. The first-order valence-electron chi connectivity index (χ1n) is 10.7. The Labute approximate surface area is 187 Å². The van der Waals surface area contributed by atoms with Crippen LogP contribution in [0.4, 0.5) is 10.5 Å². The summed E-state index contributed by atoms with van der Waals surface area (Å²) in [5, 5.41) is 5.68. The number of benzene rings is 2. The van der Waals surface area contributed by atoms with Gasteiger partial charge in [-0.25, -0.2) is 4.79 Å². The molecule has 32 heavy (non-hydrogen) atoms. The maximum absolute atomic E-state index is 12.6. The molecule has 8 heteroatoms. The van der Waals surface area contributed by atoms with Gasteiger partial charge in [-0.15, -0.1) is 0 Å². The fraction of sp³-hybridized carbons (Fsp3) is 0.417. The maximum atomic E-state index is 12.6. The number of methoxy groups -OCH3 is 1. The van der Waals surface area contributed by atoms with Crippen molar-refractivity contribution in [2.45, 2.75) is 44.1 Å². The number of fused-ring (bicyclic) bond motifs is 1. The predicted octanol–water partition coefficient (Wildman–Crippen LogP) is 3.33. The van der Waals surface area contributed by atoms with E-state index in [1.807, 2.05) is 24.3 Å². The summed E-state index contributed by atoms with van der Waals surface area (Å²) in [5.41, 5.74) is 2.37. The SMILES string of the molecule is COc1ccc(C(=O)N[C@H]2CO[C@H]3[C@H]2OC[C@@H]3OC(=O)Nc2ccc(C(C)C)cc2)cc1. The number of amides is 2. The molecule has 2 fully saturated rings. The van der Waals surface area contributed by atoms with Crippen molar-refractivity contribution < 1.29 is 28.5 Å². The average molecular weight is 440 g/mol. The minimum atomic E-state index is -0.564. The third kappa shape index (κ3) is 4.87. The molecule has 0 aromatic heterocycles. The minimum Gasteiger partial charge on any atom is -0.497 e. The summed E-state index contributed by atoms with van der Waals surface area (Å²) < 4.78 is 22.3. The van der Waals surface area contributed by atoms with E-state index >= 15 is 0 Å². The molecule has 8 nitrogen and oxygen atoms in total. The van der Waals surface area contributed by atoms with E-state index in [1.165, 1.54) is 5.56 Å². The van der Waals surface area contributed by atoms with Crippen LogP contribution in [-0.2, 0) is 14.2 Å². The second-order valence-electron chi connectivity index (χ2n) is 8.25. The zero-order chi connectivity index (χ0) is 22.7. The van der Waals surface area contributed by atoms with Crippen molar-refractivity contribution in [2.24, 2.45) is 0 Å². The van der Waals surface area contributed by atoms with E-state index in [2.05, 4.69) is 24.5 Å². The van der Waals surface area contributed by atoms with Crippen LogP contribution in [-0.4, -0.2) is 56.7 Å². The Kier molecular flexibility index (Phi) is 6.62. The average Bonchev–Trinajstić information content (AvgIpc) is 3.37. The molecule has 0 saturated carbocycles. The van der Waals surface area contributed by atoms with Gasteiger partial charge in [-0.3, -0.25) is 10.1 Å². The molecule has 0 unspecified atom stereocenters. The second-order valence-corrected chi connectivity index (χ2v) is 8.25. The zero-order valence-electron chi connectivity index (χ0n) is 18.4. The molecule has 170 valence electrons. The molecule has 2 N–H and O–H groups in total. The smallest absolute Gasteiger partial charge is 0.412 e. The molecule has 0 spiro atoms. The Hall–Kier alpha value is -3.10. The molecule has 4 rings (SSSR count). The third-order valence-corrected chi connectivity index (χ3v) is 5.76. The highest BCUT2D eigenvalue weighted by atomic mass is 16.6. The van der Waals surface area contributed by atoms with Crippen molar-refractivity contribution in [3.63, 3.8) is 0 Å². The molecular weight excluding hydrogens is 412 g/mol. The molecule has 2 aromatic rings.